The number of phenols is 1. The van der Waals surface area contributed by atoms with Gasteiger partial charge in [-0.2, -0.15) is 0 Å². The van der Waals surface area contributed by atoms with Crippen molar-refractivity contribution < 1.29 is 9.22 Å². The van der Waals surface area contributed by atoms with Crippen LogP contribution in [-0.4, -0.2) is 19.6 Å². The molecular weight excluding hydrogens is 863 g/mol. The minimum atomic E-state index is -2.52. The molecule has 0 aliphatic rings. The molecule has 71 heavy (non-hydrogen) atoms. The van der Waals surface area contributed by atoms with Crippen LogP contribution in [0.15, 0.2) is 158 Å². The molecule has 0 aliphatic carbocycles. The molecule has 2 aromatic heterocycles. The summed E-state index contributed by atoms with van der Waals surface area (Å²) in [6.45, 7) is 21.7. The van der Waals surface area contributed by atoms with Gasteiger partial charge >= 0.3 is 0 Å². The third-order valence-electron chi connectivity index (χ3n) is 15.9. The van der Waals surface area contributed by atoms with Crippen LogP contribution in [0.5, 0.6) is 5.75 Å². The maximum atomic E-state index is 12.0. The van der Waals surface area contributed by atoms with E-state index in [-0.39, 0.29) is 27.6 Å². The second kappa shape index (κ2) is 19.3. The van der Waals surface area contributed by atoms with Crippen LogP contribution in [0.3, 0.4) is 0 Å². The summed E-state index contributed by atoms with van der Waals surface area (Å²) in [4.78, 5) is 10.5. The molecule has 4 nitrogen and oxygen atoms in total. The van der Waals surface area contributed by atoms with Gasteiger partial charge in [-0.1, -0.05) is 165 Å². The molecule has 0 bridgehead atoms. The Labute approximate surface area is 427 Å². The van der Waals surface area contributed by atoms with E-state index < -0.39 is 6.85 Å². The number of hydrogen-bond acceptors (Lipinski definition) is 3. The van der Waals surface area contributed by atoms with Crippen LogP contribution in [0.4, 0.5) is 0 Å². The molecule has 0 unspecified atom stereocenters. The van der Waals surface area contributed by atoms with Gasteiger partial charge in [0.05, 0.1) is 28.0 Å². The summed E-state index contributed by atoms with van der Waals surface area (Å²) in [7, 11) is 0. The highest BCUT2D eigenvalue weighted by Gasteiger charge is 2.33. The first-order valence-electron chi connectivity index (χ1n) is 27.1. The lowest BCUT2D eigenvalue weighted by Gasteiger charge is -2.36. The molecule has 9 rings (SSSR count). The van der Waals surface area contributed by atoms with E-state index in [2.05, 4.69) is 172 Å². The topological polar surface area (TPSA) is 50.9 Å². The smallest absolute Gasteiger partial charge is 0.149 e. The Morgan fingerprint density at radius 2 is 1.14 bits per heavy atom. The van der Waals surface area contributed by atoms with Gasteiger partial charge in [0.15, 0.2) is 0 Å². The first kappa shape index (κ1) is 45.1. The second-order valence-electron chi connectivity index (χ2n) is 21.3. The molecule has 0 saturated carbocycles. The zero-order valence-electron chi connectivity index (χ0n) is 46.6. The molecule has 0 spiro atoms. The number of imidazole rings is 1. The highest BCUT2D eigenvalue weighted by Crippen LogP contribution is 2.47. The molecular formula is C67H71N3O. The lowest BCUT2D eigenvalue weighted by atomic mass is 9.68. The van der Waals surface area contributed by atoms with Crippen LogP contribution < -0.4 is 0 Å². The lowest BCUT2D eigenvalue weighted by molar-refractivity contribution is 0.426. The Morgan fingerprint density at radius 3 is 1.77 bits per heavy atom. The molecule has 360 valence electrons. The van der Waals surface area contributed by atoms with Crippen molar-refractivity contribution in [1.82, 2.24) is 14.5 Å². The summed E-state index contributed by atoms with van der Waals surface area (Å²) in [6.07, 6.45) is 5.66. The lowest BCUT2D eigenvalue weighted by Crippen LogP contribution is -2.25. The first-order chi connectivity index (χ1) is 35.2. The molecule has 1 N–H and O–H groups in total. The van der Waals surface area contributed by atoms with E-state index in [9.17, 15) is 9.22 Å². The van der Waals surface area contributed by atoms with Crippen LogP contribution in [0.1, 0.15) is 125 Å². The Hall–Kier alpha value is -7.04. The third-order valence-corrected chi connectivity index (χ3v) is 15.9. The molecule has 7 aromatic carbocycles. The van der Waals surface area contributed by atoms with Gasteiger partial charge in [0.25, 0.3) is 0 Å². The summed E-state index contributed by atoms with van der Waals surface area (Å²) in [5, 5.41) is 12.0. The average Bonchev–Trinajstić information content (AvgIpc) is 3.80. The number of aryl methyl sites for hydroxylation is 3. The van der Waals surface area contributed by atoms with Gasteiger partial charge in [0.2, 0.25) is 0 Å². The van der Waals surface area contributed by atoms with Crippen molar-refractivity contribution in [3.8, 4) is 78.6 Å². The summed E-state index contributed by atoms with van der Waals surface area (Å²) >= 11 is 0. The van der Waals surface area contributed by atoms with E-state index >= 15 is 0 Å². The Morgan fingerprint density at radius 1 is 0.535 bits per heavy atom. The monoisotopic (exact) mass is 937 g/mol. The third kappa shape index (κ3) is 9.14. The number of pyridine rings is 1. The number of hydrogen-bond donors (Lipinski definition) is 1. The number of aromatic hydroxyl groups is 1. The van der Waals surface area contributed by atoms with Crippen LogP contribution in [-0.2, 0) is 16.2 Å². The largest absolute Gasteiger partial charge is 0.507 e. The number of nitrogens with zero attached hydrogens (tertiary/aromatic N) is 3. The van der Waals surface area contributed by atoms with Gasteiger partial charge in [-0.3, -0.25) is 9.55 Å². The number of rotatable bonds is 13. The van der Waals surface area contributed by atoms with Crippen molar-refractivity contribution in [2.45, 2.75) is 125 Å². The minimum absolute atomic E-state index is 0.105. The molecule has 0 radical (unpaired) electrons. The Bertz CT molecular complexity index is 3480. The molecule has 2 heterocycles. The van der Waals surface area contributed by atoms with E-state index in [1.54, 1.807) is 0 Å². The standard InChI is InChI=1S/C67H71N3O/c1-13-66(11,14-2)56-25-21-26-57(67(12,15-3)16-4)61(56)50-32-33-59(44(6)38-50)70-60-27-20-24-54(62(60)69-64(70)55-37-43(5)36-45(7)63(55)71)51-39-52(41-53(40-51)65(8,9)10)58-42-49(34-35-68-58)48-30-28-47(29-31-48)46-22-18-17-19-23-46/h17-42,71H,13-16H2,1-12H3/i6D3. The van der Waals surface area contributed by atoms with Crippen LogP contribution in [0.2, 0.25) is 0 Å². The van der Waals surface area contributed by atoms with E-state index in [4.69, 9.17) is 9.97 Å². The van der Waals surface area contributed by atoms with Crippen LogP contribution in [0.25, 0.3) is 83.9 Å². The Kier molecular flexibility index (Phi) is 12.3. The maximum absolute atomic E-state index is 12.0. The van der Waals surface area contributed by atoms with E-state index in [0.29, 0.717) is 28.2 Å². The molecule has 0 saturated heterocycles. The van der Waals surface area contributed by atoms with Gasteiger partial charge in [-0.05, 0) is 183 Å². The number of phenolic OH excluding ortho intramolecular Hbond substituents is 1. The maximum Gasteiger partial charge on any atom is 0.149 e. The van der Waals surface area contributed by atoms with E-state index in [1.165, 1.54) is 22.3 Å². The van der Waals surface area contributed by atoms with Crippen molar-refractivity contribution in [2.24, 2.45) is 0 Å². The van der Waals surface area contributed by atoms with Gasteiger partial charge < -0.3 is 5.11 Å². The summed E-state index contributed by atoms with van der Waals surface area (Å²) in [5.74, 6) is 0.568. The second-order valence-corrected chi connectivity index (χ2v) is 21.3. The summed E-state index contributed by atoms with van der Waals surface area (Å²) < 4.78 is 29.8. The average molecular weight is 937 g/mol. The van der Waals surface area contributed by atoms with Gasteiger partial charge in [-0.15, -0.1) is 0 Å². The first-order valence-corrected chi connectivity index (χ1v) is 25.6. The molecule has 0 fully saturated rings. The molecule has 0 atom stereocenters. The SMILES string of the molecule is [2H]C([2H])([2H])c1cc(-c2c(C(C)(CC)CC)cccc2C(C)(CC)CC)ccc1-n1c(-c2cc(C)cc(C)c2O)nc2c(-c3cc(-c4cc(-c5ccc(-c6ccccc6)cc5)ccn4)cc(C(C)(C)C)c3)cccc21. The van der Waals surface area contributed by atoms with Gasteiger partial charge in [0, 0.05) is 21.4 Å². The highest BCUT2D eigenvalue weighted by atomic mass is 16.3. The zero-order valence-corrected chi connectivity index (χ0v) is 43.6. The van der Waals surface area contributed by atoms with Gasteiger partial charge in [0.1, 0.15) is 11.6 Å². The minimum Gasteiger partial charge on any atom is -0.507 e. The van der Waals surface area contributed by atoms with Crippen molar-refractivity contribution >= 4 is 11.0 Å². The van der Waals surface area contributed by atoms with Crippen molar-refractivity contribution in [3.05, 3.63) is 191 Å². The number of benzene rings is 7. The van der Waals surface area contributed by atoms with Crippen molar-refractivity contribution in [3.63, 3.8) is 0 Å². The van der Waals surface area contributed by atoms with Crippen molar-refractivity contribution in [1.29, 1.82) is 0 Å². The molecule has 0 amide bonds. The van der Waals surface area contributed by atoms with E-state index in [1.807, 2.05) is 67.1 Å². The Balaban J connectivity index is 1.28. The number of para-hydroxylation sites is 1. The molecule has 4 heteroatoms. The normalized spacial score (nSPS) is 13.0. The van der Waals surface area contributed by atoms with E-state index in [0.717, 1.165) is 87.0 Å². The summed E-state index contributed by atoms with van der Waals surface area (Å²) in [5.41, 5.74) is 17.7. The predicted octanol–water partition coefficient (Wildman–Crippen LogP) is 18.5. The predicted molar refractivity (Wildman–Crippen MR) is 302 cm³/mol. The van der Waals surface area contributed by atoms with Crippen LogP contribution in [0, 0.1) is 20.7 Å². The quantitative estimate of drug-likeness (QED) is 0.125. The van der Waals surface area contributed by atoms with Crippen molar-refractivity contribution in [2.75, 3.05) is 0 Å². The molecule has 9 aromatic rings. The fourth-order valence-electron chi connectivity index (χ4n) is 10.5. The molecule has 0 aliphatic heterocycles. The number of aromatic nitrogens is 3. The fourth-order valence-corrected chi connectivity index (χ4v) is 10.5. The van der Waals surface area contributed by atoms with Gasteiger partial charge in [-0.25, -0.2) is 4.98 Å². The van der Waals surface area contributed by atoms with Crippen LogP contribution >= 0.6 is 0 Å². The summed E-state index contributed by atoms with van der Waals surface area (Å²) in [6, 6.07) is 52.8. The zero-order chi connectivity index (χ0) is 52.9. The highest BCUT2D eigenvalue weighted by molar-refractivity contribution is 5.97. The number of fused-ring (bicyclic) bond motifs is 1. The fraction of sp³-hybridized carbons (Fsp3) is 0.284.